The molecule has 2 heterocycles. The topological polar surface area (TPSA) is 81.9 Å². The van der Waals surface area contributed by atoms with E-state index < -0.39 is 9.84 Å². The van der Waals surface area contributed by atoms with Gasteiger partial charge in [-0.2, -0.15) is 0 Å². The highest BCUT2D eigenvalue weighted by Crippen LogP contribution is 2.60. The Kier molecular flexibility index (Phi) is 4.66. The number of ketones is 1. The average Bonchev–Trinajstić information content (AvgIpc) is 3.14. The second-order valence-corrected chi connectivity index (χ2v) is 13.0. The van der Waals surface area contributed by atoms with Gasteiger partial charge in [-0.05, 0) is 68.6 Å². The number of carbonyl (C=O) groups excluding carboxylic acids is 1. The van der Waals surface area contributed by atoms with Crippen molar-refractivity contribution in [2.45, 2.75) is 56.5 Å². The SMILES string of the molecule is Cn1c(C[C@@H]2CCS(=O)(=O)C2)nnc1SCC(=O)C12CC3CC(CC(C3)C1)C2. The monoisotopic (exact) mass is 423 g/mol. The number of thioether (sulfide) groups is 1. The minimum Gasteiger partial charge on any atom is -0.309 e. The van der Waals surface area contributed by atoms with Crippen molar-refractivity contribution in [1.82, 2.24) is 14.8 Å². The Morgan fingerprint density at radius 1 is 1.14 bits per heavy atom. The molecule has 5 fully saturated rings. The minimum atomic E-state index is -2.87. The Morgan fingerprint density at radius 3 is 2.36 bits per heavy atom. The summed E-state index contributed by atoms with van der Waals surface area (Å²) in [7, 11) is -0.946. The molecule has 0 unspecified atom stereocenters. The lowest BCUT2D eigenvalue weighted by atomic mass is 9.48. The van der Waals surface area contributed by atoms with Crippen LogP contribution in [0.1, 0.15) is 50.8 Å². The highest BCUT2D eigenvalue weighted by molar-refractivity contribution is 7.99. The van der Waals surface area contributed by atoms with Crippen LogP contribution >= 0.6 is 11.8 Å². The number of Topliss-reactive ketones (excluding diaryl/α,β-unsaturated/α-hetero) is 1. The van der Waals surface area contributed by atoms with Gasteiger partial charge in [0.15, 0.2) is 15.0 Å². The quantitative estimate of drug-likeness (QED) is 0.654. The van der Waals surface area contributed by atoms with Crippen molar-refractivity contribution in [2.24, 2.45) is 36.1 Å². The van der Waals surface area contributed by atoms with Gasteiger partial charge < -0.3 is 4.57 Å². The summed E-state index contributed by atoms with van der Waals surface area (Å²) in [6.45, 7) is 0. The highest BCUT2D eigenvalue weighted by Gasteiger charge is 2.54. The summed E-state index contributed by atoms with van der Waals surface area (Å²) in [5.74, 6) is 4.76. The Morgan fingerprint density at radius 2 is 1.79 bits per heavy atom. The molecule has 4 bridgehead atoms. The Labute approximate surface area is 171 Å². The fraction of sp³-hybridized carbons (Fsp3) is 0.850. The molecule has 8 heteroatoms. The van der Waals surface area contributed by atoms with E-state index in [1.807, 2.05) is 11.6 Å². The predicted molar refractivity (Wildman–Crippen MR) is 108 cm³/mol. The van der Waals surface area contributed by atoms with Crippen LogP contribution < -0.4 is 0 Å². The summed E-state index contributed by atoms with van der Waals surface area (Å²) in [6.07, 6.45) is 8.74. The van der Waals surface area contributed by atoms with Crippen LogP contribution in [-0.4, -0.2) is 46.2 Å². The molecular formula is C20H29N3O3S2. The molecule has 1 aromatic rings. The second kappa shape index (κ2) is 6.83. The van der Waals surface area contributed by atoms with Crippen LogP contribution in [0.3, 0.4) is 0 Å². The number of nitrogens with zero attached hydrogens (tertiary/aromatic N) is 3. The van der Waals surface area contributed by atoms with E-state index in [9.17, 15) is 13.2 Å². The molecule has 28 heavy (non-hydrogen) atoms. The maximum Gasteiger partial charge on any atom is 0.191 e. The molecule has 4 saturated carbocycles. The van der Waals surface area contributed by atoms with Crippen LogP contribution in [0, 0.1) is 29.1 Å². The van der Waals surface area contributed by atoms with Gasteiger partial charge in [-0.1, -0.05) is 11.8 Å². The molecule has 4 aliphatic carbocycles. The van der Waals surface area contributed by atoms with E-state index in [0.29, 0.717) is 24.4 Å². The van der Waals surface area contributed by atoms with Gasteiger partial charge in [-0.25, -0.2) is 8.42 Å². The third-order valence-electron chi connectivity index (χ3n) is 7.69. The summed E-state index contributed by atoms with van der Waals surface area (Å²) in [4.78, 5) is 13.2. The van der Waals surface area contributed by atoms with E-state index >= 15 is 0 Å². The van der Waals surface area contributed by atoms with Crippen LogP contribution in [0.2, 0.25) is 0 Å². The van der Waals surface area contributed by atoms with E-state index in [2.05, 4.69) is 10.2 Å². The molecule has 1 aromatic heterocycles. The molecule has 0 amide bonds. The molecule has 1 aliphatic heterocycles. The molecule has 6 nitrogen and oxygen atoms in total. The smallest absolute Gasteiger partial charge is 0.191 e. The van der Waals surface area contributed by atoms with E-state index in [1.165, 1.54) is 31.0 Å². The average molecular weight is 424 g/mol. The summed E-state index contributed by atoms with van der Waals surface area (Å²) in [5, 5.41) is 9.34. The fourth-order valence-corrected chi connectivity index (χ4v) is 9.50. The van der Waals surface area contributed by atoms with Crippen LogP contribution in [0.5, 0.6) is 0 Å². The number of hydrogen-bond donors (Lipinski definition) is 0. The summed E-state index contributed by atoms with van der Waals surface area (Å²) in [5.41, 5.74) is -0.0542. The molecular weight excluding hydrogens is 394 g/mol. The molecule has 0 aromatic carbocycles. The zero-order valence-electron chi connectivity index (χ0n) is 16.5. The molecule has 0 N–H and O–H groups in total. The van der Waals surface area contributed by atoms with Gasteiger partial charge in [-0.3, -0.25) is 4.79 Å². The number of rotatable bonds is 6. The van der Waals surface area contributed by atoms with E-state index in [4.69, 9.17) is 0 Å². The number of aromatic nitrogens is 3. The van der Waals surface area contributed by atoms with Crippen LogP contribution in [0.15, 0.2) is 5.16 Å². The van der Waals surface area contributed by atoms with Crippen LogP contribution in [0.25, 0.3) is 0 Å². The van der Waals surface area contributed by atoms with Gasteiger partial charge in [-0.15, -0.1) is 10.2 Å². The van der Waals surface area contributed by atoms with Crippen molar-refractivity contribution in [1.29, 1.82) is 0 Å². The van der Waals surface area contributed by atoms with Gasteiger partial charge in [0.05, 0.1) is 17.3 Å². The third kappa shape index (κ3) is 3.44. The lowest BCUT2D eigenvalue weighted by molar-refractivity contribution is -0.141. The molecule has 1 saturated heterocycles. The molecule has 154 valence electrons. The normalized spacial score (nSPS) is 38.2. The largest absolute Gasteiger partial charge is 0.309 e. The minimum absolute atomic E-state index is 0.0542. The first-order chi connectivity index (χ1) is 13.3. The molecule has 1 atom stereocenters. The summed E-state index contributed by atoms with van der Waals surface area (Å²) in [6, 6.07) is 0. The van der Waals surface area contributed by atoms with Crippen LogP contribution in [-0.2, 0) is 28.1 Å². The lowest BCUT2D eigenvalue weighted by Gasteiger charge is -2.56. The van der Waals surface area contributed by atoms with Crippen molar-refractivity contribution in [2.75, 3.05) is 17.3 Å². The molecule has 0 spiro atoms. The molecule has 6 rings (SSSR count). The zero-order valence-corrected chi connectivity index (χ0v) is 18.1. The van der Waals surface area contributed by atoms with Crippen molar-refractivity contribution in [3.63, 3.8) is 0 Å². The first-order valence-corrected chi connectivity index (χ1v) is 13.4. The van der Waals surface area contributed by atoms with Gasteiger partial charge in [0, 0.05) is 18.9 Å². The van der Waals surface area contributed by atoms with E-state index in [0.717, 1.165) is 48.0 Å². The van der Waals surface area contributed by atoms with Gasteiger partial charge in [0.1, 0.15) is 11.6 Å². The predicted octanol–water partition coefficient (Wildman–Crippen LogP) is 2.67. The second-order valence-electron chi connectivity index (χ2n) is 9.84. The van der Waals surface area contributed by atoms with Gasteiger partial charge in [0.2, 0.25) is 0 Å². The van der Waals surface area contributed by atoms with Crippen molar-refractivity contribution < 1.29 is 13.2 Å². The van der Waals surface area contributed by atoms with Gasteiger partial charge >= 0.3 is 0 Å². The maximum atomic E-state index is 13.2. The maximum absolute atomic E-state index is 13.2. The third-order valence-corrected chi connectivity index (χ3v) is 10.5. The molecule has 0 radical (unpaired) electrons. The first kappa shape index (κ1) is 19.1. The highest BCUT2D eigenvalue weighted by atomic mass is 32.2. The number of carbonyl (C=O) groups is 1. The van der Waals surface area contributed by atoms with E-state index in [1.54, 1.807) is 0 Å². The standard InChI is InChI=1S/C20H29N3O3S2/c1-23-18(7-13-2-3-28(25,26)12-13)21-22-19(23)27-11-17(24)20-8-14-4-15(9-20)6-16(5-14)10-20/h13-16H,2-12H2,1H3/t13-,14?,15?,16?,20?/m0/s1. The van der Waals surface area contributed by atoms with E-state index in [-0.39, 0.29) is 22.8 Å². The van der Waals surface area contributed by atoms with Crippen molar-refractivity contribution in [3.05, 3.63) is 5.82 Å². The van der Waals surface area contributed by atoms with Gasteiger partial charge in [0.25, 0.3) is 0 Å². The first-order valence-electron chi connectivity index (χ1n) is 10.6. The fourth-order valence-electron chi connectivity index (χ4n) is 6.68. The Balaban J connectivity index is 1.22. The van der Waals surface area contributed by atoms with Crippen LogP contribution in [0.4, 0.5) is 0 Å². The summed E-state index contributed by atoms with van der Waals surface area (Å²) >= 11 is 1.50. The summed E-state index contributed by atoms with van der Waals surface area (Å²) < 4.78 is 25.3. The zero-order chi connectivity index (χ0) is 19.5. The lowest BCUT2D eigenvalue weighted by Crippen LogP contribution is -2.50. The molecule has 5 aliphatic rings. The van der Waals surface area contributed by atoms with Crippen molar-refractivity contribution >= 4 is 27.4 Å². The Bertz CT molecular complexity index is 857. The number of sulfone groups is 1. The Hall–Kier alpha value is -0.890. The number of hydrogen-bond acceptors (Lipinski definition) is 6. The van der Waals surface area contributed by atoms with Crippen molar-refractivity contribution in [3.8, 4) is 0 Å².